The third-order valence-corrected chi connectivity index (χ3v) is 5.15. The second kappa shape index (κ2) is 6.48. The van der Waals surface area contributed by atoms with Crippen LogP contribution < -0.4 is 4.74 Å². The molecule has 1 atom stereocenters. The summed E-state index contributed by atoms with van der Waals surface area (Å²) in [7, 11) is 3.35. The van der Waals surface area contributed by atoms with E-state index in [1.54, 1.807) is 18.8 Å². The lowest BCUT2D eigenvalue weighted by Gasteiger charge is -2.37. The Morgan fingerprint density at radius 2 is 2.16 bits per heavy atom. The summed E-state index contributed by atoms with van der Waals surface area (Å²) in [5, 5.41) is 4.36. The largest absolute Gasteiger partial charge is 0.467 e. The number of carbonyl (C=O) groups is 1. The fourth-order valence-corrected chi connectivity index (χ4v) is 3.82. The Morgan fingerprint density at radius 1 is 1.28 bits per heavy atom. The zero-order valence-corrected chi connectivity index (χ0v) is 14.7. The summed E-state index contributed by atoms with van der Waals surface area (Å²) in [5.41, 5.74) is 1.51. The van der Waals surface area contributed by atoms with Crippen LogP contribution in [-0.4, -0.2) is 69.8 Å². The number of aromatic nitrogens is 3. The van der Waals surface area contributed by atoms with Crippen LogP contribution in [0.5, 0.6) is 6.01 Å². The summed E-state index contributed by atoms with van der Waals surface area (Å²) in [5.74, 6) is 0.658. The first kappa shape index (κ1) is 16.1. The third kappa shape index (κ3) is 3.00. The number of hydrogen-bond donors (Lipinski definition) is 0. The van der Waals surface area contributed by atoms with Gasteiger partial charge in [0.1, 0.15) is 0 Å². The Balaban J connectivity index is 1.55. The molecule has 25 heavy (non-hydrogen) atoms. The minimum Gasteiger partial charge on any atom is -0.467 e. The molecule has 0 aliphatic carbocycles. The van der Waals surface area contributed by atoms with E-state index in [9.17, 15) is 4.79 Å². The molecule has 0 bridgehead atoms. The molecule has 7 nitrogen and oxygen atoms in total. The Hall–Kier alpha value is -2.41. The van der Waals surface area contributed by atoms with Crippen molar-refractivity contribution in [3.8, 4) is 17.4 Å². The second-order valence-corrected chi connectivity index (χ2v) is 6.71. The van der Waals surface area contributed by atoms with Crippen molar-refractivity contribution in [3.05, 3.63) is 29.8 Å². The van der Waals surface area contributed by atoms with Crippen LogP contribution in [0.25, 0.3) is 11.4 Å². The number of methoxy groups -OCH3 is 1. The lowest BCUT2D eigenvalue weighted by atomic mass is 10.1. The van der Waals surface area contributed by atoms with Crippen molar-refractivity contribution in [2.45, 2.75) is 18.9 Å². The SMILES string of the molecule is COc1nc(-c2cccc(C(=O)N3CCN4CCC[C@@H]4C3)c2)nn1C. The van der Waals surface area contributed by atoms with Gasteiger partial charge in [0.25, 0.3) is 5.91 Å². The first-order valence-corrected chi connectivity index (χ1v) is 8.74. The molecule has 1 aromatic carbocycles. The monoisotopic (exact) mass is 341 g/mol. The molecule has 132 valence electrons. The molecular weight excluding hydrogens is 318 g/mol. The molecule has 2 aliphatic heterocycles. The molecule has 2 aromatic rings. The predicted molar refractivity (Wildman–Crippen MR) is 93.5 cm³/mol. The Labute approximate surface area is 147 Å². The first-order valence-electron chi connectivity index (χ1n) is 8.74. The Kier molecular flexibility index (Phi) is 4.17. The average molecular weight is 341 g/mol. The van der Waals surface area contributed by atoms with Gasteiger partial charge in [-0.25, -0.2) is 4.68 Å². The van der Waals surface area contributed by atoms with Crippen molar-refractivity contribution in [1.29, 1.82) is 0 Å². The van der Waals surface area contributed by atoms with Crippen LogP contribution in [0.2, 0.25) is 0 Å². The molecule has 1 amide bonds. The highest BCUT2D eigenvalue weighted by molar-refractivity contribution is 5.95. The summed E-state index contributed by atoms with van der Waals surface area (Å²) >= 11 is 0. The third-order valence-electron chi connectivity index (χ3n) is 5.15. The molecule has 2 aliphatic rings. The molecular formula is C18H23N5O2. The van der Waals surface area contributed by atoms with Crippen LogP contribution in [0.3, 0.4) is 0 Å². The van der Waals surface area contributed by atoms with Crippen LogP contribution in [0, 0.1) is 0 Å². The van der Waals surface area contributed by atoms with Gasteiger partial charge in [0, 0.05) is 43.9 Å². The van der Waals surface area contributed by atoms with Crippen LogP contribution in [0.15, 0.2) is 24.3 Å². The van der Waals surface area contributed by atoms with Gasteiger partial charge in [0.2, 0.25) is 0 Å². The fraction of sp³-hybridized carbons (Fsp3) is 0.500. The van der Waals surface area contributed by atoms with Gasteiger partial charge in [0.15, 0.2) is 5.82 Å². The van der Waals surface area contributed by atoms with E-state index in [1.165, 1.54) is 19.4 Å². The lowest BCUT2D eigenvalue weighted by Crippen LogP contribution is -2.52. The van der Waals surface area contributed by atoms with Gasteiger partial charge >= 0.3 is 6.01 Å². The number of nitrogens with zero attached hydrogens (tertiary/aromatic N) is 5. The van der Waals surface area contributed by atoms with Crippen LogP contribution >= 0.6 is 0 Å². The number of fused-ring (bicyclic) bond motifs is 1. The Morgan fingerprint density at radius 3 is 2.96 bits per heavy atom. The molecule has 2 fully saturated rings. The smallest absolute Gasteiger partial charge is 0.314 e. The van der Waals surface area contributed by atoms with Crippen molar-refractivity contribution >= 4 is 5.91 Å². The minimum absolute atomic E-state index is 0.0938. The van der Waals surface area contributed by atoms with Gasteiger partial charge in [-0.15, -0.1) is 5.10 Å². The molecule has 4 rings (SSSR count). The standard InChI is InChI=1S/C18H23N5O2/c1-21-18(25-2)19-16(20-21)13-5-3-6-14(11-13)17(24)23-10-9-22-8-4-7-15(22)12-23/h3,5-6,11,15H,4,7-10,12H2,1-2H3/t15-/m1/s1. The summed E-state index contributed by atoms with van der Waals surface area (Å²) in [6.45, 7) is 3.79. The maximum absolute atomic E-state index is 12.9. The van der Waals surface area contributed by atoms with Crippen molar-refractivity contribution in [2.75, 3.05) is 33.3 Å². The van der Waals surface area contributed by atoms with E-state index in [2.05, 4.69) is 15.0 Å². The van der Waals surface area contributed by atoms with Crippen molar-refractivity contribution < 1.29 is 9.53 Å². The highest BCUT2D eigenvalue weighted by Crippen LogP contribution is 2.24. The van der Waals surface area contributed by atoms with Crippen LogP contribution in [-0.2, 0) is 7.05 Å². The van der Waals surface area contributed by atoms with Gasteiger partial charge in [0.05, 0.1) is 7.11 Å². The van der Waals surface area contributed by atoms with Gasteiger partial charge in [-0.2, -0.15) is 4.98 Å². The zero-order valence-electron chi connectivity index (χ0n) is 14.7. The molecule has 0 saturated carbocycles. The van der Waals surface area contributed by atoms with E-state index in [0.717, 1.165) is 25.2 Å². The van der Waals surface area contributed by atoms with Crippen molar-refractivity contribution in [3.63, 3.8) is 0 Å². The van der Waals surface area contributed by atoms with Gasteiger partial charge < -0.3 is 9.64 Å². The van der Waals surface area contributed by atoms with E-state index in [0.29, 0.717) is 23.4 Å². The normalized spacial score (nSPS) is 20.6. The fourth-order valence-electron chi connectivity index (χ4n) is 3.82. The average Bonchev–Trinajstić information content (AvgIpc) is 3.26. The van der Waals surface area contributed by atoms with E-state index < -0.39 is 0 Å². The number of amides is 1. The van der Waals surface area contributed by atoms with Gasteiger partial charge in [-0.1, -0.05) is 12.1 Å². The van der Waals surface area contributed by atoms with E-state index in [-0.39, 0.29) is 5.91 Å². The van der Waals surface area contributed by atoms with E-state index in [1.807, 2.05) is 29.2 Å². The summed E-state index contributed by atoms with van der Waals surface area (Å²) in [4.78, 5) is 21.8. The topological polar surface area (TPSA) is 63.5 Å². The summed E-state index contributed by atoms with van der Waals surface area (Å²) < 4.78 is 6.76. The number of ether oxygens (including phenoxy) is 1. The molecule has 3 heterocycles. The molecule has 0 spiro atoms. The highest BCUT2D eigenvalue weighted by Gasteiger charge is 2.32. The second-order valence-electron chi connectivity index (χ2n) is 6.71. The molecule has 0 unspecified atom stereocenters. The minimum atomic E-state index is 0.0938. The summed E-state index contributed by atoms with van der Waals surface area (Å²) in [6.07, 6.45) is 2.44. The molecule has 2 saturated heterocycles. The number of carbonyl (C=O) groups excluding carboxylic acids is 1. The first-order chi connectivity index (χ1) is 12.2. The Bertz CT molecular complexity index is 788. The van der Waals surface area contributed by atoms with E-state index >= 15 is 0 Å². The van der Waals surface area contributed by atoms with Gasteiger partial charge in [-0.3, -0.25) is 9.69 Å². The molecule has 0 radical (unpaired) electrons. The van der Waals surface area contributed by atoms with E-state index in [4.69, 9.17) is 4.74 Å². The quantitative estimate of drug-likeness (QED) is 0.845. The number of rotatable bonds is 3. The molecule has 0 N–H and O–H groups in total. The van der Waals surface area contributed by atoms with Crippen molar-refractivity contribution in [2.24, 2.45) is 7.05 Å². The highest BCUT2D eigenvalue weighted by atomic mass is 16.5. The van der Waals surface area contributed by atoms with Gasteiger partial charge in [-0.05, 0) is 31.5 Å². The molecule has 7 heteroatoms. The van der Waals surface area contributed by atoms with Crippen LogP contribution in [0.1, 0.15) is 23.2 Å². The van der Waals surface area contributed by atoms with Crippen LogP contribution in [0.4, 0.5) is 0 Å². The molecule has 1 aromatic heterocycles. The summed E-state index contributed by atoms with van der Waals surface area (Å²) in [6, 6.07) is 8.52. The number of piperazine rings is 1. The van der Waals surface area contributed by atoms with Crippen molar-refractivity contribution in [1.82, 2.24) is 24.6 Å². The number of benzene rings is 1. The maximum Gasteiger partial charge on any atom is 0.314 e. The maximum atomic E-state index is 12.9. The zero-order chi connectivity index (χ0) is 17.4. The number of hydrogen-bond acceptors (Lipinski definition) is 5. The predicted octanol–water partition coefficient (Wildman–Crippen LogP) is 1.41. The number of aryl methyl sites for hydroxylation is 1. The lowest BCUT2D eigenvalue weighted by molar-refractivity contribution is 0.0571.